The van der Waals surface area contributed by atoms with Gasteiger partial charge in [0.15, 0.2) is 0 Å². The van der Waals surface area contributed by atoms with Gasteiger partial charge in [-0.3, -0.25) is 9.59 Å². The highest BCUT2D eigenvalue weighted by Crippen LogP contribution is 2.14. The minimum Gasteiger partial charge on any atom is -0.481 e. The summed E-state index contributed by atoms with van der Waals surface area (Å²) in [6.45, 7) is 6.84. The quantitative estimate of drug-likeness (QED) is 0.126. The second-order valence-electron chi connectivity index (χ2n) is 10.5. The number of rotatable bonds is 25. The van der Waals surface area contributed by atoms with Gasteiger partial charge in [-0.25, -0.2) is 0 Å². The zero-order chi connectivity index (χ0) is 25.7. The van der Waals surface area contributed by atoms with Crippen molar-refractivity contribution in [2.45, 2.75) is 175 Å². The van der Waals surface area contributed by atoms with Gasteiger partial charge in [-0.2, -0.15) is 0 Å². The molecule has 0 aliphatic rings. The van der Waals surface area contributed by atoms with E-state index < -0.39 is 11.9 Å². The van der Waals surface area contributed by atoms with Crippen LogP contribution in [0.5, 0.6) is 0 Å². The molecule has 0 unspecified atom stereocenters. The fraction of sp³-hybridized carbons (Fsp3) is 0.933. The van der Waals surface area contributed by atoms with Crippen molar-refractivity contribution in [2.75, 3.05) is 0 Å². The number of aliphatic carboxylic acids is 2. The number of unbranched alkanes of at least 4 members (excludes halogenated alkanes) is 19. The summed E-state index contributed by atoms with van der Waals surface area (Å²) < 4.78 is 0. The molecule has 0 aromatic carbocycles. The standard InChI is InChI=1S/C18H36O2.C12H24O2/c1-17(2)15-13-11-9-7-5-3-4-6-8-10-12-14-16-18(19)20;1-2-3-4-5-6-7-8-9-10-11-12(13)14/h17H,3-16H2,1-2H3,(H,19,20);2-11H2,1H3,(H,13,14). The lowest BCUT2D eigenvalue weighted by atomic mass is 10.0. The van der Waals surface area contributed by atoms with Crippen LogP contribution in [0, 0.1) is 5.92 Å². The summed E-state index contributed by atoms with van der Waals surface area (Å²) >= 11 is 0. The van der Waals surface area contributed by atoms with Crippen LogP contribution in [0.4, 0.5) is 0 Å². The number of carboxylic acids is 2. The van der Waals surface area contributed by atoms with Crippen molar-refractivity contribution < 1.29 is 19.8 Å². The van der Waals surface area contributed by atoms with Crippen LogP contribution in [0.25, 0.3) is 0 Å². The highest BCUT2D eigenvalue weighted by Gasteiger charge is 1.98. The van der Waals surface area contributed by atoms with Crippen LogP contribution in [0.15, 0.2) is 0 Å². The fourth-order valence-corrected chi connectivity index (χ4v) is 4.18. The Hall–Kier alpha value is -1.06. The van der Waals surface area contributed by atoms with Gasteiger partial charge >= 0.3 is 11.9 Å². The minimum atomic E-state index is -0.659. The second kappa shape index (κ2) is 30.0. The van der Waals surface area contributed by atoms with Crippen molar-refractivity contribution in [3.05, 3.63) is 0 Å². The van der Waals surface area contributed by atoms with Crippen molar-refractivity contribution in [3.8, 4) is 0 Å². The summed E-state index contributed by atoms with van der Waals surface area (Å²) in [5, 5.41) is 16.9. The molecule has 0 spiro atoms. The summed E-state index contributed by atoms with van der Waals surface area (Å²) in [7, 11) is 0. The van der Waals surface area contributed by atoms with Crippen LogP contribution in [0.1, 0.15) is 175 Å². The number of carbonyl (C=O) groups is 2. The predicted molar refractivity (Wildman–Crippen MR) is 147 cm³/mol. The highest BCUT2D eigenvalue weighted by molar-refractivity contribution is 5.66. The minimum absolute atomic E-state index is 0.343. The normalized spacial score (nSPS) is 10.8. The number of hydrogen-bond acceptors (Lipinski definition) is 2. The van der Waals surface area contributed by atoms with Crippen molar-refractivity contribution in [1.29, 1.82) is 0 Å². The Kier molecular flexibility index (Phi) is 30.9. The largest absolute Gasteiger partial charge is 0.481 e. The first-order valence-electron chi connectivity index (χ1n) is 14.8. The first-order valence-corrected chi connectivity index (χ1v) is 14.8. The average Bonchev–Trinajstić information content (AvgIpc) is 2.78. The molecule has 0 aliphatic heterocycles. The molecule has 34 heavy (non-hydrogen) atoms. The van der Waals surface area contributed by atoms with Gasteiger partial charge in [-0.05, 0) is 18.8 Å². The maximum absolute atomic E-state index is 10.3. The molecule has 204 valence electrons. The van der Waals surface area contributed by atoms with E-state index in [4.69, 9.17) is 10.2 Å². The van der Waals surface area contributed by atoms with E-state index in [1.54, 1.807) is 0 Å². The molecule has 0 radical (unpaired) electrons. The van der Waals surface area contributed by atoms with Crippen LogP contribution >= 0.6 is 0 Å². The fourth-order valence-electron chi connectivity index (χ4n) is 4.18. The highest BCUT2D eigenvalue weighted by atomic mass is 16.4. The lowest BCUT2D eigenvalue weighted by molar-refractivity contribution is -0.138. The van der Waals surface area contributed by atoms with E-state index >= 15 is 0 Å². The molecule has 0 saturated heterocycles. The molecule has 0 bridgehead atoms. The van der Waals surface area contributed by atoms with E-state index in [2.05, 4.69) is 20.8 Å². The molecule has 4 nitrogen and oxygen atoms in total. The van der Waals surface area contributed by atoms with Gasteiger partial charge in [-0.1, -0.05) is 149 Å². The Morgan fingerprint density at radius 3 is 1.00 bits per heavy atom. The van der Waals surface area contributed by atoms with E-state index in [0.29, 0.717) is 12.8 Å². The van der Waals surface area contributed by atoms with E-state index in [-0.39, 0.29) is 0 Å². The van der Waals surface area contributed by atoms with E-state index in [1.165, 1.54) is 116 Å². The molecule has 0 aromatic rings. The summed E-state index contributed by atoms with van der Waals surface area (Å²) in [5.74, 6) is -0.447. The van der Waals surface area contributed by atoms with Gasteiger partial charge in [0.2, 0.25) is 0 Å². The molecular formula is C30H60O4. The third kappa shape index (κ3) is 38.2. The first-order chi connectivity index (χ1) is 16.4. The van der Waals surface area contributed by atoms with Gasteiger partial charge in [0.25, 0.3) is 0 Å². The Labute approximate surface area is 212 Å². The molecule has 0 heterocycles. The third-order valence-electron chi connectivity index (χ3n) is 6.42. The molecule has 0 atom stereocenters. The number of carboxylic acid groups (broad SMARTS) is 2. The van der Waals surface area contributed by atoms with Gasteiger partial charge in [0.05, 0.1) is 0 Å². The SMILES string of the molecule is CC(C)CCCCCCCCCCCCCCC(=O)O.CCCCCCCCCCCC(=O)O. The van der Waals surface area contributed by atoms with E-state index in [9.17, 15) is 9.59 Å². The third-order valence-corrected chi connectivity index (χ3v) is 6.42. The van der Waals surface area contributed by atoms with Crippen LogP contribution in [-0.4, -0.2) is 22.2 Å². The average molecular weight is 485 g/mol. The van der Waals surface area contributed by atoms with E-state index in [1.807, 2.05) is 0 Å². The molecule has 2 N–H and O–H groups in total. The lowest BCUT2D eigenvalue weighted by Crippen LogP contribution is -1.93. The molecule has 0 rings (SSSR count). The smallest absolute Gasteiger partial charge is 0.303 e. The zero-order valence-electron chi connectivity index (χ0n) is 23.3. The maximum Gasteiger partial charge on any atom is 0.303 e. The van der Waals surface area contributed by atoms with Gasteiger partial charge < -0.3 is 10.2 Å². The van der Waals surface area contributed by atoms with Crippen LogP contribution in [0.3, 0.4) is 0 Å². The predicted octanol–water partition coefficient (Wildman–Crippen LogP) is 10.2. The Balaban J connectivity index is 0. The summed E-state index contributed by atoms with van der Waals surface area (Å²) in [6.07, 6.45) is 28.8. The number of hydrogen-bond donors (Lipinski definition) is 2. The monoisotopic (exact) mass is 484 g/mol. The molecule has 4 heteroatoms. The molecule has 0 fully saturated rings. The van der Waals surface area contributed by atoms with Crippen molar-refractivity contribution in [3.63, 3.8) is 0 Å². The summed E-state index contributed by atoms with van der Waals surface area (Å²) in [4.78, 5) is 20.5. The zero-order valence-corrected chi connectivity index (χ0v) is 23.3. The molecule has 0 amide bonds. The van der Waals surface area contributed by atoms with Crippen molar-refractivity contribution in [2.24, 2.45) is 5.92 Å². The topological polar surface area (TPSA) is 74.6 Å². The maximum atomic E-state index is 10.3. The van der Waals surface area contributed by atoms with Crippen LogP contribution < -0.4 is 0 Å². The molecule has 0 aliphatic carbocycles. The Bertz CT molecular complexity index is 420. The second-order valence-corrected chi connectivity index (χ2v) is 10.5. The first kappa shape index (κ1) is 35.1. The van der Waals surface area contributed by atoms with Crippen molar-refractivity contribution in [1.82, 2.24) is 0 Å². The summed E-state index contributed by atoms with van der Waals surface area (Å²) in [6, 6.07) is 0. The lowest BCUT2D eigenvalue weighted by Gasteiger charge is -2.04. The van der Waals surface area contributed by atoms with E-state index in [0.717, 1.165) is 31.6 Å². The molecule has 0 saturated carbocycles. The van der Waals surface area contributed by atoms with Crippen LogP contribution in [0.2, 0.25) is 0 Å². The Morgan fingerprint density at radius 1 is 0.471 bits per heavy atom. The molecular weight excluding hydrogens is 424 g/mol. The molecule has 0 aromatic heterocycles. The Morgan fingerprint density at radius 2 is 0.735 bits per heavy atom. The van der Waals surface area contributed by atoms with Gasteiger partial charge in [0, 0.05) is 12.8 Å². The van der Waals surface area contributed by atoms with Crippen LogP contribution in [-0.2, 0) is 9.59 Å². The van der Waals surface area contributed by atoms with Gasteiger partial charge in [-0.15, -0.1) is 0 Å². The van der Waals surface area contributed by atoms with Gasteiger partial charge in [0.1, 0.15) is 0 Å². The summed E-state index contributed by atoms with van der Waals surface area (Å²) in [5.41, 5.74) is 0. The van der Waals surface area contributed by atoms with Crippen molar-refractivity contribution >= 4 is 11.9 Å².